The second kappa shape index (κ2) is 5.80. The highest BCUT2D eigenvalue weighted by atomic mass is 79.9. The van der Waals surface area contributed by atoms with Crippen molar-refractivity contribution < 1.29 is 14.7 Å². The predicted molar refractivity (Wildman–Crippen MR) is 65.3 cm³/mol. The van der Waals surface area contributed by atoms with Crippen molar-refractivity contribution in [3.8, 4) is 0 Å². The average molecular weight is 285 g/mol. The second-order valence-corrected chi connectivity index (χ2v) is 4.39. The first kappa shape index (κ1) is 12.9. The van der Waals surface area contributed by atoms with Crippen molar-refractivity contribution in [2.24, 2.45) is 0 Å². The van der Waals surface area contributed by atoms with Crippen LogP contribution in [0.5, 0.6) is 0 Å². The molecule has 1 N–H and O–H groups in total. The van der Waals surface area contributed by atoms with Crippen LogP contribution in [-0.2, 0) is 11.2 Å². The second-order valence-electron chi connectivity index (χ2n) is 3.59. The number of rotatable bonds is 5. The number of carbonyl (C=O) groups excluding carboxylic acids is 1. The number of benzene rings is 1. The summed E-state index contributed by atoms with van der Waals surface area (Å²) in [5, 5.41) is 9.36. The Labute approximate surface area is 103 Å². The van der Waals surface area contributed by atoms with Gasteiger partial charge in [-0.15, -0.1) is 0 Å². The molecule has 0 aliphatic heterocycles. The molecular formula is C12H13BrO3. The highest BCUT2D eigenvalue weighted by Gasteiger charge is 2.13. The van der Waals surface area contributed by atoms with E-state index in [1.807, 2.05) is 13.0 Å². The Balaban J connectivity index is 3.06. The first-order valence-corrected chi connectivity index (χ1v) is 6.07. The molecular weight excluding hydrogens is 272 g/mol. The first-order valence-electron chi connectivity index (χ1n) is 4.95. The van der Waals surface area contributed by atoms with Crippen LogP contribution in [0.25, 0.3) is 0 Å². The van der Waals surface area contributed by atoms with Crippen molar-refractivity contribution in [1.29, 1.82) is 0 Å². The number of carboxylic acids is 1. The molecule has 1 aromatic rings. The van der Waals surface area contributed by atoms with E-state index in [2.05, 4.69) is 15.9 Å². The van der Waals surface area contributed by atoms with Crippen LogP contribution in [0.4, 0.5) is 0 Å². The van der Waals surface area contributed by atoms with Crippen molar-refractivity contribution in [1.82, 2.24) is 0 Å². The minimum Gasteiger partial charge on any atom is -0.481 e. The van der Waals surface area contributed by atoms with Gasteiger partial charge in [0, 0.05) is 17.3 Å². The van der Waals surface area contributed by atoms with Crippen LogP contribution < -0.4 is 0 Å². The summed E-state index contributed by atoms with van der Waals surface area (Å²) in [4.78, 5) is 22.4. The molecule has 0 aromatic heterocycles. The number of hydrogen-bond donors (Lipinski definition) is 1. The average Bonchev–Trinajstić information content (AvgIpc) is 2.16. The Kier molecular flexibility index (Phi) is 4.68. The number of ketones is 1. The predicted octanol–water partition coefficient (Wildman–Crippen LogP) is 2.59. The molecule has 86 valence electrons. The van der Waals surface area contributed by atoms with Crippen LogP contribution in [0.2, 0.25) is 0 Å². The lowest BCUT2D eigenvalue weighted by Crippen LogP contribution is -2.09. The molecule has 0 bridgehead atoms. The summed E-state index contributed by atoms with van der Waals surface area (Å²) in [7, 11) is 0. The van der Waals surface area contributed by atoms with Crippen LogP contribution in [0, 0.1) is 6.92 Å². The van der Waals surface area contributed by atoms with Gasteiger partial charge < -0.3 is 5.11 Å². The maximum Gasteiger partial charge on any atom is 0.307 e. The number of carboxylic acid groups (broad SMARTS) is 1. The zero-order valence-corrected chi connectivity index (χ0v) is 10.6. The number of carbonyl (C=O) groups is 2. The molecule has 0 spiro atoms. The van der Waals surface area contributed by atoms with E-state index in [1.54, 1.807) is 12.1 Å². The van der Waals surface area contributed by atoms with Gasteiger partial charge in [0.25, 0.3) is 0 Å². The monoisotopic (exact) mass is 284 g/mol. The van der Waals surface area contributed by atoms with E-state index in [9.17, 15) is 9.59 Å². The third kappa shape index (κ3) is 3.45. The highest BCUT2D eigenvalue weighted by Crippen LogP contribution is 2.15. The normalized spacial score (nSPS) is 10.1. The van der Waals surface area contributed by atoms with Gasteiger partial charge in [-0.05, 0) is 12.5 Å². The van der Waals surface area contributed by atoms with E-state index in [-0.39, 0.29) is 12.2 Å². The minimum absolute atomic E-state index is 0.0203. The zero-order valence-electron chi connectivity index (χ0n) is 9.00. The largest absolute Gasteiger partial charge is 0.481 e. The number of aliphatic carboxylic acids is 1. The standard InChI is InChI=1S/C12H13BrO3/c1-8-2-3-10(11(14)4-5-13)9(6-8)7-12(15)16/h2-3,6H,4-5,7H2,1H3,(H,15,16). The topological polar surface area (TPSA) is 54.4 Å². The van der Waals surface area contributed by atoms with Crippen LogP contribution in [-0.4, -0.2) is 22.2 Å². The number of aryl methyl sites for hydroxylation is 1. The van der Waals surface area contributed by atoms with Gasteiger partial charge in [-0.1, -0.05) is 39.7 Å². The Morgan fingerprint density at radius 2 is 2.06 bits per heavy atom. The molecule has 0 amide bonds. The van der Waals surface area contributed by atoms with E-state index >= 15 is 0 Å². The van der Waals surface area contributed by atoms with Crippen LogP contribution in [0.15, 0.2) is 18.2 Å². The fraction of sp³-hybridized carbons (Fsp3) is 0.333. The zero-order chi connectivity index (χ0) is 12.1. The maximum absolute atomic E-state index is 11.7. The smallest absolute Gasteiger partial charge is 0.307 e. The van der Waals surface area contributed by atoms with Crippen molar-refractivity contribution in [2.45, 2.75) is 19.8 Å². The van der Waals surface area contributed by atoms with Crippen LogP contribution >= 0.6 is 15.9 Å². The van der Waals surface area contributed by atoms with E-state index in [0.29, 0.717) is 22.9 Å². The van der Waals surface area contributed by atoms with Gasteiger partial charge in [0.1, 0.15) is 0 Å². The molecule has 0 aliphatic rings. The summed E-state index contributed by atoms with van der Waals surface area (Å²) < 4.78 is 0. The number of alkyl halides is 1. The van der Waals surface area contributed by atoms with E-state index in [0.717, 1.165) is 5.56 Å². The molecule has 0 atom stereocenters. The summed E-state index contributed by atoms with van der Waals surface area (Å²) in [5.41, 5.74) is 2.08. The SMILES string of the molecule is Cc1ccc(C(=O)CCBr)c(CC(=O)O)c1. The number of hydrogen-bond acceptors (Lipinski definition) is 2. The molecule has 3 nitrogen and oxygen atoms in total. The molecule has 0 fully saturated rings. The molecule has 0 saturated heterocycles. The van der Waals surface area contributed by atoms with E-state index in [4.69, 9.17) is 5.11 Å². The van der Waals surface area contributed by atoms with Crippen molar-refractivity contribution >= 4 is 27.7 Å². The van der Waals surface area contributed by atoms with Gasteiger partial charge >= 0.3 is 5.97 Å². The fourth-order valence-corrected chi connectivity index (χ4v) is 1.88. The maximum atomic E-state index is 11.7. The molecule has 0 heterocycles. The van der Waals surface area contributed by atoms with Gasteiger partial charge in [-0.2, -0.15) is 0 Å². The Bertz CT molecular complexity index is 413. The first-order chi connectivity index (χ1) is 7.54. The van der Waals surface area contributed by atoms with Gasteiger partial charge in [-0.25, -0.2) is 0 Å². The minimum atomic E-state index is -0.918. The lowest BCUT2D eigenvalue weighted by atomic mass is 9.97. The van der Waals surface area contributed by atoms with Crippen LogP contribution in [0.3, 0.4) is 0 Å². The molecule has 0 radical (unpaired) electrons. The van der Waals surface area contributed by atoms with E-state index in [1.165, 1.54) is 0 Å². The third-order valence-electron chi connectivity index (χ3n) is 2.22. The van der Waals surface area contributed by atoms with E-state index < -0.39 is 5.97 Å². The van der Waals surface area contributed by atoms with Gasteiger partial charge in [0.2, 0.25) is 0 Å². The van der Waals surface area contributed by atoms with Gasteiger partial charge in [-0.3, -0.25) is 9.59 Å². The third-order valence-corrected chi connectivity index (χ3v) is 2.62. The molecule has 16 heavy (non-hydrogen) atoms. The van der Waals surface area contributed by atoms with Gasteiger partial charge in [0.05, 0.1) is 6.42 Å². The van der Waals surface area contributed by atoms with Crippen molar-refractivity contribution in [3.05, 3.63) is 34.9 Å². The molecule has 0 saturated carbocycles. The summed E-state index contributed by atoms with van der Waals surface area (Å²) in [5.74, 6) is -0.938. The molecule has 1 aromatic carbocycles. The number of halogens is 1. The lowest BCUT2D eigenvalue weighted by Gasteiger charge is -2.07. The summed E-state index contributed by atoms with van der Waals surface area (Å²) in [6.45, 7) is 1.88. The van der Waals surface area contributed by atoms with Gasteiger partial charge in [0.15, 0.2) is 5.78 Å². The number of Topliss-reactive ketones (excluding diaryl/α,β-unsaturated/α-hetero) is 1. The van der Waals surface area contributed by atoms with Crippen molar-refractivity contribution in [3.63, 3.8) is 0 Å². The summed E-state index contributed by atoms with van der Waals surface area (Å²) in [6.07, 6.45) is 0.278. The summed E-state index contributed by atoms with van der Waals surface area (Å²) >= 11 is 3.20. The molecule has 0 aliphatic carbocycles. The quantitative estimate of drug-likeness (QED) is 0.668. The van der Waals surface area contributed by atoms with Crippen molar-refractivity contribution in [2.75, 3.05) is 5.33 Å². The Morgan fingerprint density at radius 3 is 2.62 bits per heavy atom. The summed E-state index contributed by atoms with van der Waals surface area (Å²) in [6, 6.07) is 5.29. The highest BCUT2D eigenvalue weighted by molar-refractivity contribution is 9.09. The molecule has 4 heteroatoms. The lowest BCUT2D eigenvalue weighted by molar-refractivity contribution is -0.136. The van der Waals surface area contributed by atoms with Crippen LogP contribution in [0.1, 0.15) is 27.9 Å². The Morgan fingerprint density at radius 1 is 1.38 bits per heavy atom. The fourth-order valence-electron chi connectivity index (χ4n) is 1.52. The molecule has 0 unspecified atom stereocenters. The molecule has 1 rings (SSSR count). The Hall–Kier alpha value is -1.16.